The van der Waals surface area contributed by atoms with Gasteiger partial charge in [-0.05, 0) is 50.3 Å². The van der Waals surface area contributed by atoms with Gasteiger partial charge in [0.05, 0.1) is 25.6 Å². The average molecular weight is 587 g/mol. The third-order valence-electron chi connectivity index (χ3n) is 8.29. The first-order valence-corrected chi connectivity index (χ1v) is 13.4. The van der Waals surface area contributed by atoms with E-state index in [0.717, 1.165) is 48.6 Å². The zero-order valence-corrected chi connectivity index (χ0v) is 23.1. The Labute approximate surface area is 227 Å². The lowest BCUT2D eigenvalue weighted by atomic mass is 9.86. The minimum Gasteiger partial charge on any atom is -1.00 e. The summed E-state index contributed by atoms with van der Waals surface area (Å²) in [6.45, 7) is 7.04. The molecule has 2 aromatic carbocycles. The first-order valence-electron chi connectivity index (χ1n) is 13.4. The number of hydrogen-bond donors (Lipinski definition) is 1. The topological polar surface area (TPSA) is 38.3 Å². The van der Waals surface area contributed by atoms with Gasteiger partial charge in [-0.15, -0.1) is 0 Å². The molecule has 3 aliphatic rings. The van der Waals surface area contributed by atoms with Gasteiger partial charge in [0.1, 0.15) is 18.0 Å². The Balaban J connectivity index is 0.00000289. The van der Waals surface area contributed by atoms with Gasteiger partial charge in [0.15, 0.2) is 0 Å². The summed E-state index contributed by atoms with van der Waals surface area (Å²) in [5.41, 5.74) is 3.60. The predicted octanol–water partition coefficient (Wildman–Crippen LogP) is 3.32. The van der Waals surface area contributed by atoms with E-state index in [-0.39, 0.29) is 41.8 Å². The van der Waals surface area contributed by atoms with Crippen LogP contribution in [0.15, 0.2) is 60.2 Å². The number of nitrogens with zero attached hydrogens (tertiary/aromatic N) is 1. The van der Waals surface area contributed by atoms with Crippen LogP contribution in [0.1, 0.15) is 75.3 Å². The van der Waals surface area contributed by atoms with Crippen LogP contribution in [0.4, 0.5) is 0 Å². The number of halogens is 1. The van der Waals surface area contributed by atoms with E-state index in [1.165, 1.54) is 56.1 Å². The molecule has 1 aliphatic carbocycles. The molecule has 1 N–H and O–H groups in total. The van der Waals surface area contributed by atoms with E-state index in [4.69, 9.17) is 4.74 Å². The number of likely N-dealkylation sites (tertiary alicyclic amines) is 1. The SMILES string of the molecule is CC[N+]1(C/C2=C/CCCCCC2)CCC(NC(=O)C2c3ccccc3Oc3ccccc32)CC1.[I-]. The van der Waals surface area contributed by atoms with Crippen molar-refractivity contribution in [2.75, 3.05) is 26.2 Å². The molecule has 1 amide bonds. The number of fused-ring (bicyclic) bond motifs is 2. The van der Waals surface area contributed by atoms with Crippen LogP contribution in [-0.2, 0) is 4.79 Å². The van der Waals surface area contributed by atoms with E-state index in [1.807, 2.05) is 48.5 Å². The summed E-state index contributed by atoms with van der Waals surface area (Å²) in [6, 6.07) is 16.2. The lowest BCUT2D eigenvalue weighted by Gasteiger charge is -2.44. The smallest absolute Gasteiger partial charge is 0.232 e. The number of quaternary nitrogens is 1. The van der Waals surface area contributed by atoms with Gasteiger partial charge in [-0.3, -0.25) is 4.79 Å². The molecule has 5 rings (SSSR count). The Kier molecular flexibility index (Phi) is 8.92. The highest BCUT2D eigenvalue weighted by molar-refractivity contribution is 5.89. The van der Waals surface area contributed by atoms with Crippen LogP contribution in [0, 0.1) is 0 Å². The molecule has 5 heteroatoms. The fourth-order valence-electron chi connectivity index (χ4n) is 6.16. The summed E-state index contributed by atoms with van der Waals surface area (Å²) >= 11 is 0. The van der Waals surface area contributed by atoms with Gasteiger partial charge in [0.2, 0.25) is 5.91 Å². The Morgan fingerprint density at radius 1 is 0.943 bits per heavy atom. The van der Waals surface area contributed by atoms with Gasteiger partial charge >= 0.3 is 0 Å². The highest BCUT2D eigenvalue weighted by atomic mass is 127. The van der Waals surface area contributed by atoms with Crippen molar-refractivity contribution in [3.63, 3.8) is 0 Å². The van der Waals surface area contributed by atoms with Crippen molar-refractivity contribution in [1.29, 1.82) is 0 Å². The van der Waals surface area contributed by atoms with Gasteiger partial charge < -0.3 is 38.5 Å². The summed E-state index contributed by atoms with van der Waals surface area (Å²) in [4.78, 5) is 13.6. The monoisotopic (exact) mass is 586 g/mol. The quantitative estimate of drug-likeness (QED) is 0.332. The van der Waals surface area contributed by atoms with Gasteiger partial charge in [-0.1, -0.05) is 55.3 Å². The molecule has 1 fully saturated rings. The van der Waals surface area contributed by atoms with Crippen molar-refractivity contribution < 1.29 is 38.0 Å². The molecule has 2 aromatic rings. The maximum Gasteiger partial charge on any atom is 0.232 e. The minimum atomic E-state index is -0.312. The molecule has 0 unspecified atom stereocenters. The van der Waals surface area contributed by atoms with E-state index < -0.39 is 0 Å². The normalized spacial score (nSPS) is 25.9. The number of para-hydroxylation sites is 2. The molecule has 0 atom stereocenters. The van der Waals surface area contributed by atoms with Gasteiger partial charge in [-0.2, -0.15) is 0 Å². The van der Waals surface area contributed by atoms with E-state index in [9.17, 15) is 4.79 Å². The number of piperidine rings is 1. The fourth-order valence-corrected chi connectivity index (χ4v) is 6.16. The lowest BCUT2D eigenvalue weighted by molar-refractivity contribution is -0.927. The number of ether oxygens (including phenoxy) is 1. The molecule has 2 heterocycles. The molecule has 188 valence electrons. The molecule has 0 spiro atoms. The van der Waals surface area contributed by atoms with Crippen LogP contribution in [-0.4, -0.2) is 42.6 Å². The molecule has 0 saturated carbocycles. The van der Waals surface area contributed by atoms with E-state index in [1.54, 1.807) is 5.57 Å². The predicted molar refractivity (Wildman–Crippen MR) is 137 cm³/mol. The van der Waals surface area contributed by atoms with Crippen molar-refractivity contribution >= 4 is 5.91 Å². The number of likely N-dealkylation sites (N-methyl/N-ethyl adjacent to an activating group) is 1. The van der Waals surface area contributed by atoms with Crippen LogP contribution < -0.4 is 34.0 Å². The molecular formula is C30H39IN2O2. The third-order valence-corrected chi connectivity index (χ3v) is 8.29. The van der Waals surface area contributed by atoms with Crippen molar-refractivity contribution in [2.45, 2.75) is 70.3 Å². The molecular weight excluding hydrogens is 547 g/mol. The maximum atomic E-state index is 13.6. The van der Waals surface area contributed by atoms with Crippen LogP contribution in [0.2, 0.25) is 0 Å². The Morgan fingerprint density at radius 3 is 2.23 bits per heavy atom. The summed E-state index contributed by atoms with van der Waals surface area (Å²) < 4.78 is 7.27. The number of allylic oxidation sites excluding steroid dienone is 1. The first kappa shape index (κ1) is 26.2. The molecule has 4 nitrogen and oxygen atoms in total. The number of carbonyl (C=O) groups is 1. The maximum absolute atomic E-state index is 13.6. The zero-order chi connectivity index (χ0) is 23.4. The summed E-state index contributed by atoms with van der Waals surface area (Å²) in [7, 11) is 0. The van der Waals surface area contributed by atoms with E-state index in [2.05, 4.69) is 18.3 Å². The number of amides is 1. The van der Waals surface area contributed by atoms with E-state index in [0.29, 0.717) is 0 Å². The number of carbonyl (C=O) groups excluding carboxylic acids is 1. The standard InChI is InChI=1S/C30H38N2O2.HI/c1-2-32(22-23-12-6-4-3-5-7-13-23)20-18-24(19-21-32)31-30(33)29-25-14-8-10-16-27(25)34-28-17-11-9-15-26(28)29;/h8-12,14-17,24,29H,2-7,13,18-22H2,1H3;1H/b23-12+;. The van der Waals surface area contributed by atoms with E-state index >= 15 is 0 Å². The van der Waals surface area contributed by atoms with Gasteiger partial charge in [0, 0.05) is 30.0 Å². The largest absolute Gasteiger partial charge is 1.00 e. The van der Waals surface area contributed by atoms with Crippen molar-refractivity contribution in [2.24, 2.45) is 0 Å². The Hall–Kier alpha value is -1.86. The number of nitrogens with one attached hydrogen (secondary N) is 1. The number of hydrogen-bond acceptors (Lipinski definition) is 2. The average Bonchev–Trinajstić information content (AvgIpc) is 2.85. The number of rotatable bonds is 5. The van der Waals surface area contributed by atoms with Crippen LogP contribution in [0.25, 0.3) is 0 Å². The van der Waals surface area contributed by atoms with Crippen molar-refractivity contribution in [3.05, 3.63) is 71.3 Å². The molecule has 0 aromatic heterocycles. The summed E-state index contributed by atoms with van der Waals surface area (Å²) in [5.74, 6) is 1.37. The zero-order valence-electron chi connectivity index (χ0n) is 21.0. The van der Waals surface area contributed by atoms with Crippen molar-refractivity contribution in [3.8, 4) is 11.5 Å². The van der Waals surface area contributed by atoms with Gasteiger partial charge in [0.25, 0.3) is 0 Å². The summed E-state index contributed by atoms with van der Waals surface area (Å²) in [5, 5.41) is 3.44. The second-order valence-electron chi connectivity index (χ2n) is 10.5. The lowest BCUT2D eigenvalue weighted by Crippen LogP contribution is -3.00. The second-order valence-corrected chi connectivity index (χ2v) is 10.5. The minimum absolute atomic E-state index is 0. The second kappa shape index (κ2) is 11.9. The first-order chi connectivity index (χ1) is 16.7. The fraction of sp³-hybridized carbons (Fsp3) is 0.500. The molecule has 35 heavy (non-hydrogen) atoms. The molecule has 0 bridgehead atoms. The molecule has 1 saturated heterocycles. The Bertz CT molecular complexity index is 997. The number of benzene rings is 2. The highest BCUT2D eigenvalue weighted by Gasteiger charge is 2.37. The third kappa shape index (κ3) is 5.93. The van der Waals surface area contributed by atoms with Crippen LogP contribution >= 0.6 is 0 Å². The van der Waals surface area contributed by atoms with Crippen LogP contribution in [0.5, 0.6) is 11.5 Å². The molecule has 2 aliphatic heterocycles. The molecule has 0 radical (unpaired) electrons. The highest BCUT2D eigenvalue weighted by Crippen LogP contribution is 2.44. The van der Waals surface area contributed by atoms with Crippen LogP contribution in [0.3, 0.4) is 0 Å². The Morgan fingerprint density at radius 2 is 1.57 bits per heavy atom. The van der Waals surface area contributed by atoms with Gasteiger partial charge in [-0.25, -0.2) is 0 Å². The summed E-state index contributed by atoms with van der Waals surface area (Å²) in [6.07, 6.45) is 12.7. The van der Waals surface area contributed by atoms with Crippen molar-refractivity contribution in [1.82, 2.24) is 5.32 Å².